The van der Waals surface area contributed by atoms with Gasteiger partial charge in [0.05, 0.1) is 11.6 Å². The largest absolute Gasteiger partial charge is 0.375 e. The lowest BCUT2D eigenvalue weighted by molar-refractivity contribution is -0.137. The Morgan fingerprint density at radius 1 is 1.13 bits per heavy atom. The summed E-state index contributed by atoms with van der Waals surface area (Å²) in [5.74, 6) is -0.617. The number of likely N-dealkylation sites (N-methyl/N-ethyl adjacent to an activating group) is 1. The van der Waals surface area contributed by atoms with Crippen LogP contribution in [0.15, 0.2) is 36.4 Å². The summed E-state index contributed by atoms with van der Waals surface area (Å²) >= 11 is 6.43. The summed E-state index contributed by atoms with van der Waals surface area (Å²) in [4.78, 5) is 50.1. The Bertz CT molecular complexity index is 1330. The van der Waals surface area contributed by atoms with Crippen molar-refractivity contribution in [3.8, 4) is 0 Å². The molecule has 2 aromatic rings. The number of hydrogen-bond donors (Lipinski definition) is 4. The van der Waals surface area contributed by atoms with Crippen molar-refractivity contribution in [2.45, 2.75) is 97.4 Å². The molecule has 3 rings (SSSR count). The number of carbonyl (C=O) groups excluding carboxylic acids is 4. The number of aldehydes is 1. The maximum Gasteiger partial charge on any atom is 0.319 e. The predicted molar refractivity (Wildman–Crippen MR) is 179 cm³/mol. The van der Waals surface area contributed by atoms with Crippen LogP contribution in [0.4, 0.5) is 10.5 Å². The van der Waals surface area contributed by atoms with Crippen LogP contribution >= 0.6 is 11.6 Å². The molecule has 10 nitrogen and oxygen atoms in total. The number of hydrogen-bond acceptors (Lipinski definition) is 7. The third-order valence-electron chi connectivity index (χ3n) is 7.85. The molecule has 248 valence electrons. The maximum absolute atomic E-state index is 12.8. The van der Waals surface area contributed by atoms with Crippen LogP contribution in [0.1, 0.15) is 94.3 Å². The van der Waals surface area contributed by atoms with Crippen LogP contribution in [0, 0.1) is 0 Å². The average Bonchev–Trinajstić information content (AvgIpc) is 2.96. The van der Waals surface area contributed by atoms with Gasteiger partial charge in [-0.1, -0.05) is 57.5 Å². The van der Waals surface area contributed by atoms with Gasteiger partial charge < -0.3 is 21.1 Å². The smallest absolute Gasteiger partial charge is 0.319 e. The zero-order chi connectivity index (χ0) is 33.8. The molecule has 11 heteroatoms. The molecule has 0 spiro atoms. The molecule has 1 heterocycles. The number of amides is 4. The third kappa shape index (κ3) is 11.9. The highest BCUT2D eigenvalue weighted by molar-refractivity contribution is 6.31. The zero-order valence-corrected chi connectivity index (χ0v) is 28.5. The molecule has 2 aromatic carbocycles. The Labute approximate surface area is 272 Å². The summed E-state index contributed by atoms with van der Waals surface area (Å²) in [6.07, 6.45) is 2.99. The van der Waals surface area contributed by atoms with E-state index in [9.17, 15) is 19.2 Å². The number of imide groups is 1. The van der Waals surface area contributed by atoms with Crippen molar-refractivity contribution in [3.05, 3.63) is 63.7 Å². The molecule has 0 aromatic heterocycles. The van der Waals surface area contributed by atoms with Crippen LogP contribution in [0.2, 0.25) is 5.02 Å². The number of benzene rings is 2. The van der Waals surface area contributed by atoms with Crippen molar-refractivity contribution in [3.63, 3.8) is 0 Å². The first-order valence-electron chi connectivity index (χ1n) is 15.5. The number of rotatable bonds is 14. The lowest BCUT2D eigenvalue weighted by atomic mass is 9.81. The van der Waals surface area contributed by atoms with Gasteiger partial charge in [-0.2, -0.15) is 0 Å². The molecule has 0 radical (unpaired) electrons. The summed E-state index contributed by atoms with van der Waals surface area (Å²) in [6.45, 7) is 14.0. The predicted octanol–water partition coefficient (Wildman–Crippen LogP) is 5.55. The maximum atomic E-state index is 12.8. The molecular weight excluding hydrogens is 594 g/mol. The second-order valence-electron chi connectivity index (χ2n) is 12.4. The topological polar surface area (TPSA) is 143 Å². The number of ether oxygens (including phenoxy) is 1. The van der Waals surface area contributed by atoms with Crippen molar-refractivity contribution in [2.75, 3.05) is 25.5 Å². The Balaban J connectivity index is 0.00000345. The van der Waals surface area contributed by atoms with Gasteiger partial charge >= 0.3 is 6.03 Å². The van der Waals surface area contributed by atoms with Gasteiger partial charge in [-0.25, -0.2) is 4.79 Å². The molecule has 5 N–H and O–H groups in total. The first-order chi connectivity index (χ1) is 21.2. The molecule has 4 amide bonds. The molecule has 1 fully saturated rings. The number of anilines is 1. The van der Waals surface area contributed by atoms with Crippen LogP contribution in [0.3, 0.4) is 0 Å². The number of urea groups is 1. The fraction of sp³-hybridized carbons (Fsp3) is 0.529. The van der Waals surface area contributed by atoms with E-state index in [-0.39, 0.29) is 35.8 Å². The van der Waals surface area contributed by atoms with E-state index in [1.54, 1.807) is 25.2 Å². The lowest BCUT2D eigenvalue weighted by Gasteiger charge is -2.30. The van der Waals surface area contributed by atoms with E-state index in [0.717, 1.165) is 35.8 Å². The van der Waals surface area contributed by atoms with Gasteiger partial charge in [0.15, 0.2) is 0 Å². The summed E-state index contributed by atoms with van der Waals surface area (Å²) in [7, 11) is 1.78. The number of nitrogens with one attached hydrogen (secondary N) is 3. The van der Waals surface area contributed by atoms with Crippen LogP contribution in [0.5, 0.6) is 0 Å². The first-order valence-corrected chi connectivity index (χ1v) is 15.9. The van der Waals surface area contributed by atoms with Gasteiger partial charge in [-0.3, -0.25) is 24.6 Å². The van der Waals surface area contributed by atoms with E-state index < -0.39 is 12.1 Å². The molecular formula is C34H50ClN5O5. The third-order valence-corrected chi connectivity index (χ3v) is 8.07. The van der Waals surface area contributed by atoms with E-state index >= 15 is 0 Å². The van der Waals surface area contributed by atoms with Crippen LogP contribution in [-0.2, 0) is 32.8 Å². The second kappa shape index (κ2) is 17.4. The number of halogens is 1. The molecule has 1 unspecified atom stereocenters. The van der Waals surface area contributed by atoms with Gasteiger partial charge in [0.25, 0.3) is 0 Å². The van der Waals surface area contributed by atoms with E-state index in [1.807, 2.05) is 50.8 Å². The second-order valence-corrected chi connectivity index (χ2v) is 12.8. The molecule has 1 aliphatic heterocycles. The number of carbonyl (C=O) groups is 4. The van der Waals surface area contributed by atoms with Crippen LogP contribution < -0.4 is 21.7 Å². The molecule has 1 saturated heterocycles. The van der Waals surface area contributed by atoms with Gasteiger partial charge in [0.2, 0.25) is 11.8 Å². The van der Waals surface area contributed by atoms with Crippen LogP contribution in [0.25, 0.3) is 0 Å². The monoisotopic (exact) mass is 643 g/mol. The van der Waals surface area contributed by atoms with Gasteiger partial charge in [0, 0.05) is 42.4 Å². The first kappa shape index (κ1) is 37.9. The summed E-state index contributed by atoms with van der Waals surface area (Å²) < 4.78 is 6.06. The molecule has 0 saturated carbocycles. The highest BCUT2D eigenvalue weighted by Crippen LogP contribution is 2.32. The molecule has 1 aliphatic rings. The van der Waals surface area contributed by atoms with Crippen molar-refractivity contribution >= 4 is 41.4 Å². The van der Waals surface area contributed by atoms with Crippen molar-refractivity contribution in [1.29, 1.82) is 0 Å². The Hall–Kier alpha value is -3.31. The normalized spacial score (nSPS) is 15.2. The lowest BCUT2D eigenvalue weighted by Crippen LogP contribution is -2.51. The van der Waals surface area contributed by atoms with Crippen molar-refractivity contribution in [1.82, 2.24) is 15.5 Å². The van der Waals surface area contributed by atoms with Crippen molar-refractivity contribution in [2.24, 2.45) is 5.73 Å². The van der Waals surface area contributed by atoms with E-state index in [1.165, 1.54) is 0 Å². The fourth-order valence-electron chi connectivity index (χ4n) is 5.06. The summed E-state index contributed by atoms with van der Waals surface area (Å²) in [6, 6.07) is 9.95. The highest BCUT2D eigenvalue weighted by Gasteiger charge is 2.30. The molecule has 0 aliphatic carbocycles. The average molecular weight is 644 g/mol. The summed E-state index contributed by atoms with van der Waals surface area (Å²) in [5.41, 5.74) is 8.70. The highest BCUT2D eigenvalue weighted by atomic mass is 35.5. The molecule has 0 bridgehead atoms. The summed E-state index contributed by atoms with van der Waals surface area (Å²) in [5, 5.41) is 8.60. The van der Waals surface area contributed by atoms with Gasteiger partial charge in [0.1, 0.15) is 6.29 Å². The van der Waals surface area contributed by atoms with E-state index in [2.05, 4.69) is 29.8 Å². The number of piperidine rings is 1. The minimum Gasteiger partial charge on any atom is -0.375 e. The minimum atomic E-state index is -0.465. The van der Waals surface area contributed by atoms with Gasteiger partial charge in [-0.05, 0) is 87.0 Å². The molecule has 1 atom stereocenters. The quantitative estimate of drug-likeness (QED) is 0.156. The number of nitrogens with zero attached hydrogens (tertiary/aromatic N) is 1. The minimum absolute atomic E-state index is 0.217. The van der Waals surface area contributed by atoms with Gasteiger partial charge in [-0.15, -0.1) is 0 Å². The SMILES string of the molecule is CC.CN(Cc1cc(CNC(=O)Nc2cc(Cl)cc(C(C)(C)CCOC(C)(C)CCN)c2)ccc1C=O)C1CCC(=O)NC1=O. The number of nitrogens with two attached hydrogens (primary N) is 1. The molecule has 45 heavy (non-hydrogen) atoms. The Morgan fingerprint density at radius 3 is 2.49 bits per heavy atom. The van der Waals surface area contributed by atoms with E-state index in [0.29, 0.717) is 42.4 Å². The van der Waals surface area contributed by atoms with Crippen LogP contribution in [-0.4, -0.2) is 60.9 Å². The van der Waals surface area contributed by atoms with E-state index in [4.69, 9.17) is 22.1 Å². The zero-order valence-electron chi connectivity index (χ0n) is 27.7. The Morgan fingerprint density at radius 2 is 1.84 bits per heavy atom. The fourth-order valence-corrected chi connectivity index (χ4v) is 5.29. The van der Waals surface area contributed by atoms with Crippen molar-refractivity contribution < 1.29 is 23.9 Å². The Kier molecular flexibility index (Phi) is 14.6. The standard InChI is InChI=1S/C32H44ClN5O5.C2H6/c1-31(2,11-13-43-32(3,4)10-12-34)24-15-25(33)17-26(16-24)36-30(42)35-18-21-6-7-22(20-39)23(14-21)19-38(5)27-8-9-28(40)37-29(27)41;1-2/h6-7,14-17,20,27H,8-13,18-19,34H2,1-5H3,(H2,35,36,42)(H,37,40,41);1-2H3.